The van der Waals surface area contributed by atoms with E-state index in [9.17, 15) is 4.57 Å². The Morgan fingerprint density at radius 2 is 2.08 bits per heavy atom. The summed E-state index contributed by atoms with van der Waals surface area (Å²) in [4.78, 5) is 0. The van der Waals surface area contributed by atoms with Gasteiger partial charge in [0, 0.05) is 17.5 Å². The predicted octanol–water partition coefficient (Wildman–Crippen LogP) is 2.10. The highest BCUT2D eigenvalue weighted by Gasteiger charge is 2.34. The summed E-state index contributed by atoms with van der Waals surface area (Å²) in [6, 6.07) is 7.98. The average Bonchev–Trinajstić information content (AvgIpc) is 2.47. The van der Waals surface area contributed by atoms with Crippen LogP contribution in [0.15, 0.2) is 24.3 Å². The van der Waals surface area contributed by atoms with E-state index in [-0.39, 0.29) is 5.66 Å². The molecule has 1 heterocycles. The third kappa shape index (κ3) is 1.25. The van der Waals surface area contributed by atoms with Crippen molar-refractivity contribution in [2.75, 3.05) is 0 Å². The third-order valence-electron chi connectivity index (χ3n) is 2.58. The zero-order valence-corrected chi connectivity index (χ0v) is 8.84. The Morgan fingerprint density at radius 3 is 2.77 bits per heavy atom. The molecule has 0 fully saturated rings. The van der Waals surface area contributed by atoms with Gasteiger partial charge in [-0.2, -0.15) is 0 Å². The molecule has 1 aliphatic heterocycles. The largest absolute Gasteiger partial charge is 0.301 e. The second kappa shape index (κ2) is 2.97. The van der Waals surface area contributed by atoms with E-state index < -0.39 is 7.29 Å². The van der Waals surface area contributed by atoms with Crippen LogP contribution in [-0.2, 0) is 11.1 Å². The number of rotatable bonds is 1. The Hall–Kier alpha value is -0.590. The van der Waals surface area contributed by atoms with Crippen LogP contribution in [0.2, 0.25) is 0 Å². The van der Waals surface area contributed by atoms with Crippen molar-refractivity contribution >= 4 is 12.6 Å². The van der Waals surface area contributed by atoms with Crippen LogP contribution < -0.4 is 10.4 Å². The molecule has 1 unspecified atom stereocenters. The molecule has 0 saturated heterocycles. The normalized spacial score (nSPS) is 26.4. The second-order valence-electron chi connectivity index (χ2n) is 3.72. The first-order chi connectivity index (χ1) is 6.14. The molecule has 70 valence electrons. The van der Waals surface area contributed by atoms with Gasteiger partial charge in [0.2, 0.25) is 0 Å². The first-order valence-corrected chi connectivity index (χ1v) is 6.35. The Morgan fingerprint density at radius 1 is 1.38 bits per heavy atom. The summed E-state index contributed by atoms with van der Waals surface area (Å²) in [5, 5.41) is 4.19. The maximum atomic E-state index is 12.4. The Bertz CT molecular complexity index is 373. The van der Waals surface area contributed by atoms with Gasteiger partial charge < -0.3 is 4.57 Å². The van der Waals surface area contributed by atoms with Crippen LogP contribution in [-0.4, -0.2) is 5.66 Å². The van der Waals surface area contributed by atoms with Crippen molar-refractivity contribution in [3.8, 4) is 0 Å². The zero-order valence-electron chi connectivity index (χ0n) is 7.95. The van der Waals surface area contributed by atoms with Crippen LogP contribution >= 0.6 is 7.29 Å². The van der Waals surface area contributed by atoms with E-state index in [4.69, 9.17) is 0 Å². The van der Waals surface area contributed by atoms with Gasteiger partial charge in [0.05, 0.1) is 0 Å². The van der Waals surface area contributed by atoms with Crippen LogP contribution in [0.1, 0.15) is 19.4 Å². The SMILES string of the molecule is CC(C)P1(=O)NCc2ccccc21. The van der Waals surface area contributed by atoms with Gasteiger partial charge in [-0.05, 0) is 11.6 Å². The van der Waals surface area contributed by atoms with Gasteiger partial charge in [0.25, 0.3) is 0 Å². The van der Waals surface area contributed by atoms with Gasteiger partial charge in [0.1, 0.15) is 0 Å². The molecule has 1 aromatic carbocycles. The van der Waals surface area contributed by atoms with Gasteiger partial charge in [0.15, 0.2) is 7.29 Å². The smallest absolute Gasteiger partial charge is 0.179 e. The number of benzene rings is 1. The summed E-state index contributed by atoms with van der Waals surface area (Å²) in [6.45, 7) is 4.78. The van der Waals surface area contributed by atoms with E-state index in [0.717, 1.165) is 11.8 Å². The predicted molar refractivity (Wildman–Crippen MR) is 55.7 cm³/mol. The standard InChI is InChI=1S/C10H14NOP/c1-8(2)13(12)10-6-4-3-5-9(10)7-11-13/h3-6,8H,7H2,1-2H3,(H,11,12). The molecular formula is C10H14NOP. The van der Waals surface area contributed by atoms with Crippen molar-refractivity contribution in [2.24, 2.45) is 0 Å². The van der Waals surface area contributed by atoms with Crippen molar-refractivity contribution in [3.63, 3.8) is 0 Å². The zero-order chi connectivity index (χ0) is 9.47. The molecule has 2 rings (SSSR count). The van der Waals surface area contributed by atoms with Crippen molar-refractivity contribution in [2.45, 2.75) is 26.1 Å². The van der Waals surface area contributed by atoms with E-state index in [0.29, 0.717) is 0 Å². The van der Waals surface area contributed by atoms with Crippen LogP contribution in [0, 0.1) is 0 Å². The minimum atomic E-state index is -2.28. The summed E-state index contributed by atoms with van der Waals surface area (Å²) in [5.74, 6) is 0. The first-order valence-electron chi connectivity index (χ1n) is 4.58. The monoisotopic (exact) mass is 195 g/mol. The summed E-state index contributed by atoms with van der Waals surface area (Å²) >= 11 is 0. The maximum Gasteiger partial charge on any atom is 0.179 e. The molecule has 2 nitrogen and oxygen atoms in total. The van der Waals surface area contributed by atoms with Gasteiger partial charge in [-0.15, -0.1) is 0 Å². The van der Waals surface area contributed by atoms with Crippen LogP contribution in [0.4, 0.5) is 0 Å². The van der Waals surface area contributed by atoms with Crippen LogP contribution in [0.3, 0.4) is 0 Å². The second-order valence-corrected chi connectivity index (χ2v) is 6.86. The molecule has 3 heteroatoms. The van der Waals surface area contributed by atoms with E-state index in [1.807, 2.05) is 38.1 Å². The lowest BCUT2D eigenvalue weighted by atomic mass is 10.2. The summed E-state index contributed by atoms with van der Waals surface area (Å²) in [6.07, 6.45) is 0. The average molecular weight is 195 g/mol. The van der Waals surface area contributed by atoms with Gasteiger partial charge in [-0.3, -0.25) is 5.09 Å². The lowest BCUT2D eigenvalue weighted by molar-refractivity contribution is 0.568. The molecule has 1 atom stereocenters. The molecule has 0 amide bonds. The molecule has 0 spiro atoms. The number of hydrogen-bond donors (Lipinski definition) is 1. The highest BCUT2D eigenvalue weighted by Crippen LogP contribution is 2.49. The molecular weight excluding hydrogens is 181 g/mol. The fourth-order valence-electron chi connectivity index (χ4n) is 1.73. The van der Waals surface area contributed by atoms with E-state index in [1.54, 1.807) is 0 Å². The fraction of sp³-hybridized carbons (Fsp3) is 0.400. The number of hydrogen-bond acceptors (Lipinski definition) is 1. The van der Waals surface area contributed by atoms with Crippen LogP contribution in [0.5, 0.6) is 0 Å². The lowest BCUT2D eigenvalue weighted by Gasteiger charge is -2.16. The maximum absolute atomic E-state index is 12.4. The summed E-state index contributed by atoms with van der Waals surface area (Å²) < 4.78 is 12.4. The lowest BCUT2D eigenvalue weighted by Crippen LogP contribution is -2.16. The fourth-order valence-corrected chi connectivity index (χ4v) is 4.12. The Balaban J connectivity index is 2.55. The number of fused-ring (bicyclic) bond motifs is 1. The van der Waals surface area contributed by atoms with E-state index >= 15 is 0 Å². The summed E-state index contributed by atoms with van der Waals surface area (Å²) in [7, 11) is -2.28. The van der Waals surface area contributed by atoms with Crippen molar-refractivity contribution in [1.82, 2.24) is 5.09 Å². The molecule has 0 aliphatic carbocycles. The molecule has 13 heavy (non-hydrogen) atoms. The van der Waals surface area contributed by atoms with Crippen molar-refractivity contribution < 1.29 is 4.57 Å². The Labute approximate surface area is 78.8 Å². The minimum absolute atomic E-state index is 0.191. The Kier molecular flexibility index (Phi) is 2.05. The molecule has 0 aromatic heterocycles. The van der Waals surface area contributed by atoms with Crippen molar-refractivity contribution in [1.29, 1.82) is 0 Å². The quantitative estimate of drug-likeness (QED) is 0.695. The topological polar surface area (TPSA) is 29.1 Å². The number of nitrogens with one attached hydrogen (secondary N) is 1. The molecule has 0 saturated carbocycles. The van der Waals surface area contributed by atoms with Gasteiger partial charge >= 0.3 is 0 Å². The van der Waals surface area contributed by atoms with E-state index in [2.05, 4.69) is 5.09 Å². The van der Waals surface area contributed by atoms with E-state index in [1.165, 1.54) is 5.56 Å². The highest BCUT2D eigenvalue weighted by molar-refractivity contribution is 7.70. The third-order valence-corrected chi connectivity index (χ3v) is 5.82. The van der Waals surface area contributed by atoms with Gasteiger partial charge in [-0.1, -0.05) is 32.0 Å². The molecule has 1 aliphatic rings. The molecule has 0 radical (unpaired) electrons. The van der Waals surface area contributed by atoms with Crippen molar-refractivity contribution in [3.05, 3.63) is 29.8 Å². The van der Waals surface area contributed by atoms with Gasteiger partial charge in [-0.25, -0.2) is 0 Å². The highest BCUT2D eigenvalue weighted by atomic mass is 31.2. The molecule has 1 N–H and O–H groups in total. The molecule has 0 bridgehead atoms. The molecule has 1 aromatic rings. The minimum Gasteiger partial charge on any atom is -0.301 e. The summed E-state index contributed by atoms with van der Waals surface area (Å²) in [5.41, 5.74) is 1.38. The van der Waals surface area contributed by atoms with Crippen LogP contribution in [0.25, 0.3) is 0 Å². The first kappa shape index (κ1) is 8.98.